The van der Waals surface area contributed by atoms with Crippen LogP contribution < -0.4 is 20.3 Å². The number of anilines is 5. The Kier molecular flexibility index (Phi) is 9.30. The first kappa shape index (κ1) is 29.9. The van der Waals surface area contributed by atoms with Crippen molar-refractivity contribution in [3.63, 3.8) is 0 Å². The fraction of sp³-hybridized carbons (Fsp3) is 0.296. The van der Waals surface area contributed by atoms with Gasteiger partial charge in [-0.3, -0.25) is 4.79 Å². The van der Waals surface area contributed by atoms with Crippen molar-refractivity contribution >= 4 is 40.8 Å². The lowest BCUT2D eigenvalue weighted by Crippen LogP contribution is -2.31. The van der Waals surface area contributed by atoms with E-state index in [0.717, 1.165) is 16.5 Å². The van der Waals surface area contributed by atoms with Crippen molar-refractivity contribution in [2.75, 3.05) is 29.3 Å². The summed E-state index contributed by atoms with van der Waals surface area (Å²) in [7, 11) is 1.38. The molecule has 0 unspecified atom stereocenters. The van der Waals surface area contributed by atoms with Crippen LogP contribution in [0.5, 0.6) is 5.88 Å². The van der Waals surface area contributed by atoms with Gasteiger partial charge in [0.05, 0.1) is 30.8 Å². The van der Waals surface area contributed by atoms with E-state index in [1.807, 2.05) is 13.8 Å². The number of halogens is 3. The number of hydrogen-bond acceptors (Lipinski definition) is 8. The molecule has 0 saturated carbocycles. The molecule has 0 aliphatic heterocycles. The summed E-state index contributed by atoms with van der Waals surface area (Å²) in [6.45, 7) is 10.5. The van der Waals surface area contributed by atoms with E-state index in [1.165, 1.54) is 25.4 Å². The van der Waals surface area contributed by atoms with E-state index in [1.54, 1.807) is 26.0 Å². The average molecular weight is 559 g/mol. The molecule has 1 aromatic carbocycles. The number of aromatic nitrogens is 3. The van der Waals surface area contributed by atoms with Crippen LogP contribution in [0, 0.1) is 19.8 Å². The van der Waals surface area contributed by atoms with E-state index in [0.29, 0.717) is 11.8 Å². The highest BCUT2D eigenvalue weighted by molar-refractivity contribution is 6.01. The highest BCUT2D eigenvalue weighted by Gasteiger charge is 2.37. The number of nitrogens with zero attached hydrogens (tertiary/aromatic N) is 4. The average Bonchev–Trinajstić information content (AvgIpc) is 2.89. The second kappa shape index (κ2) is 12.5. The number of pyridine rings is 1. The van der Waals surface area contributed by atoms with Crippen LogP contribution in [0.15, 0.2) is 49.3 Å². The molecule has 0 aliphatic carbocycles. The Morgan fingerprint density at radius 1 is 1.12 bits per heavy atom. The van der Waals surface area contributed by atoms with Gasteiger partial charge >= 0.3 is 12.3 Å². The van der Waals surface area contributed by atoms with E-state index < -0.39 is 35.5 Å². The molecule has 3 rings (SSSR count). The van der Waals surface area contributed by atoms with Gasteiger partial charge in [-0.1, -0.05) is 26.5 Å². The zero-order valence-electron chi connectivity index (χ0n) is 22.6. The molecule has 2 N–H and O–H groups in total. The number of ether oxygens (including phenoxy) is 2. The Bertz CT molecular complexity index is 1410. The number of carbonyl (C=O) groups excluding carboxylic acids is 2. The predicted octanol–water partition coefficient (Wildman–Crippen LogP) is 6.31. The molecule has 2 heterocycles. The van der Waals surface area contributed by atoms with E-state index in [-0.39, 0.29) is 35.5 Å². The van der Waals surface area contributed by atoms with Gasteiger partial charge < -0.3 is 20.1 Å². The molecule has 10 nitrogen and oxygen atoms in total. The molecule has 212 valence electrons. The fourth-order valence-corrected chi connectivity index (χ4v) is 3.40. The van der Waals surface area contributed by atoms with Crippen LogP contribution in [0.4, 0.5) is 46.8 Å². The number of benzene rings is 1. The minimum Gasteiger partial charge on any atom is -0.481 e. The first-order chi connectivity index (χ1) is 18.8. The number of carbonyl (C=O) groups is 2. The zero-order valence-corrected chi connectivity index (χ0v) is 22.6. The fourth-order valence-electron chi connectivity index (χ4n) is 3.40. The summed E-state index contributed by atoms with van der Waals surface area (Å²) >= 11 is 0. The SMILES string of the molecule is C=CC(=O)Nc1cc(C)ccc1Nc1nc(N(C(=O)OCC(C)C)c2cc(OC)ncc2C)ncc1C(F)(F)F. The molecule has 0 spiro atoms. The molecule has 0 saturated heterocycles. The van der Waals surface area contributed by atoms with Crippen LogP contribution in [0.3, 0.4) is 0 Å². The van der Waals surface area contributed by atoms with Gasteiger partial charge in [-0.25, -0.2) is 19.7 Å². The number of methoxy groups -OCH3 is 1. The summed E-state index contributed by atoms with van der Waals surface area (Å²) in [5.41, 5.74) is 0.532. The van der Waals surface area contributed by atoms with Crippen molar-refractivity contribution < 1.29 is 32.2 Å². The van der Waals surface area contributed by atoms with Crippen LogP contribution >= 0.6 is 0 Å². The molecular weight excluding hydrogens is 529 g/mol. The normalized spacial score (nSPS) is 11.1. The lowest BCUT2D eigenvalue weighted by Gasteiger charge is -2.24. The predicted molar refractivity (Wildman–Crippen MR) is 144 cm³/mol. The second-order valence-electron chi connectivity index (χ2n) is 9.12. The Hall–Kier alpha value is -4.68. The molecule has 0 aliphatic rings. The minimum absolute atomic E-state index is 0.0182. The summed E-state index contributed by atoms with van der Waals surface area (Å²) in [4.78, 5) is 38.2. The molecule has 40 heavy (non-hydrogen) atoms. The second-order valence-corrected chi connectivity index (χ2v) is 9.12. The zero-order chi connectivity index (χ0) is 29.6. The van der Waals surface area contributed by atoms with Gasteiger partial charge in [-0.15, -0.1) is 0 Å². The number of aryl methyl sites for hydroxylation is 2. The van der Waals surface area contributed by atoms with Crippen LogP contribution in [0.2, 0.25) is 0 Å². The monoisotopic (exact) mass is 558 g/mol. The minimum atomic E-state index is -4.85. The van der Waals surface area contributed by atoms with Gasteiger partial charge in [0.15, 0.2) is 0 Å². The highest BCUT2D eigenvalue weighted by atomic mass is 19.4. The first-order valence-electron chi connectivity index (χ1n) is 12.1. The maximum atomic E-state index is 14.0. The Labute approximate surface area is 229 Å². The van der Waals surface area contributed by atoms with Crippen LogP contribution in [-0.2, 0) is 15.7 Å². The van der Waals surface area contributed by atoms with Gasteiger partial charge in [-0.05, 0) is 49.1 Å². The molecular formula is C27H29F3N6O4. The third-order valence-electron chi connectivity index (χ3n) is 5.38. The maximum Gasteiger partial charge on any atom is 0.421 e. The Morgan fingerprint density at radius 3 is 2.48 bits per heavy atom. The summed E-state index contributed by atoms with van der Waals surface area (Å²) < 4.78 is 52.7. The first-order valence-corrected chi connectivity index (χ1v) is 12.1. The highest BCUT2D eigenvalue weighted by Crippen LogP contribution is 2.38. The number of amides is 2. The van der Waals surface area contributed by atoms with Crippen molar-refractivity contribution in [2.24, 2.45) is 5.92 Å². The van der Waals surface area contributed by atoms with E-state index in [9.17, 15) is 22.8 Å². The van der Waals surface area contributed by atoms with Gasteiger partial charge in [0.25, 0.3) is 0 Å². The van der Waals surface area contributed by atoms with Gasteiger partial charge in [0.1, 0.15) is 11.4 Å². The van der Waals surface area contributed by atoms with E-state index >= 15 is 0 Å². The van der Waals surface area contributed by atoms with Gasteiger partial charge in [0.2, 0.25) is 17.7 Å². The summed E-state index contributed by atoms with van der Waals surface area (Å²) in [6, 6.07) is 6.12. The molecule has 2 aromatic heterocycles. The number of alkyl halides is 3. The van der Waals surface area contributed by atoms with Crippen molar-refractivity contribution in [2.45, 2.75) is 33.9 Å². The number of rotatable bonds is 9. The largest absolute Gasteiger partial charge is 0.481 e. The quantitative estimate of drug-likeness (QED) is 0.293. The Morgan fingerprint density at radius 2 is 1.85 bits per heavy atom. The summed E-state index contributed by atoms with van der Waals surface area (Å²) in [5, 5.41) is 5.20. The molecule has 0 fully saturated rings. The van der Waals surface area contributed by atoms with Gasteiger partial charge in [-0.2, -0.15) is 18.2 Å². The smallest absolute Gasteiger partial charge is 0.421 e. The van der Waals surface area contributed by atoms with E-state index in [2.05, 4.69) is 32.2 Å². The standard InChI is InChI=1S/C27H29F3N6O4/c1-7-22(37)33-20-10-16(4)8-9-19(20)34-24-18(27(28,29)30)13-32-25(35-24)36(26(38)40-14-15(2)3)21-11-23(39-6)31-12-17(21)5/h7-13,15H,1,14H2,2-6H3,(H,33,37)(H,32,34,35). The lowest BCUT2D eigenvalue weighted by atomic mass is 10.1. The molecule has 13 heteroatoms. The van der Waals surface area contributed by atoms with Crippen molar-refractivity contribution in [3.8, 4) is 5.88 Å². The molecule has 0 atom stereocenters. The van der Waals surface area contributed by atoms with Gasteiger partial charge in [0, 0.05) is 18.5 Å². The van der Waals surface area contributed by atoms with Crippen molar-refractivity contribution in [3.05, 3.63) is 66.0 Å². The van der Waals surface area contributed by atoms with Crippen molar-refractivity contribution in [1.29, 1.82) is 0 Å². The van der Waals surface area contributed by atoms with Crippen LogP contribution in [-0.4, -0.2) is 40.7 Å². The number of hydrogen-bond donors (Lipinski definition) is 2. The van der Waals surface area contributed by atoms with E-state index in [4.69, 9.17) is 9.47 Å². The van der Waals surface area contributed by atoms with Crippen LogP contribution in [0.25, 0.3) is 0 Å². The molecule has 0 radical (unpaired) electrons. The topological polar surface area (TPSA) is 119 Å². The van der Waals surface area contributed by atoms with Crippen molar-refractivity contribution in [1.82, 2.24) is 15.0 Å². The third-order valence-corrected chi connectivity index (χ3v) is 5.38. The maximum absolute atomic E-state index is 14.0. The lowest BCUT2D eigenvalue weighted by molar-refractivity contribution is -0.137. The number of nitrogens with one attached hydrogen (secondary N) is 2. The summed E-state index contributed by atoms with van der Waals surface area (Å²) in [6.07, 6.45) is -2.74. The Balaban J connectivity index is 2.19. The third kappa shape index (κ3) is 7.24. The molecule has 0 bridgehead atoms. The molecule has 2 amide bonds. The van der Waals surface area contributed by atoms with Crippen LogP contribution in [0.1, 0.15) is 30.5 Å². The molecule has 3 aromatic rings. The summed E-state index contributed by atoms with van der Waals surface area (Å²) in [5.74, 6) is -1.49.